The number of amides is 1. The van der Waals surface area contributed by atoms with E-state index >= 15 is 0 Å². The van der Waals surface area contributed by atoms with Gasteiger partial charge in [-0.3, -0.25) is 4.79 Å². The van der Waals surface area contributed by atoms with E-state index in [2.05, 4.69) is 0 Å². The van der Waals surface area contributed by atoms with Crippen LogP contribution in [0.2, 0.25) is 0 Å². The van der Waals surface area contributed by atoms with Crippen molar-refractivity contribution in [1.29, 1.82) is 5.26 Å². The summed E-state index contributed by atoms with van der Waals surface area (Å²) in [5.41, 5.74) is -0.572. The smallest absolute Gasteiger partial charge is 0.417 e. The molecule has 1 amide bonds. The van der Waals surface area contributed by atoms with Crippen LogP contribution in [0.3, 0.4) is 0 Å². The summed E-state index contributed by atoms with van der Waals surface area (Å²) in [6.45, 7) is 3.54. The van der Waals surface area contributed by atoms with Gasteiger partial charge >= 0.3 is 6.18 Å². The lowest BCUT2D eigenvalue weighted by Gasteiger charge is -2.42. The maximum absolute atomic E-state index is 13.6. The first-order valence-electron chi connectivity index (χ1n) is 11.5. The number of nitriles is 1. The molecular formula is C25H28F3N3O4. The lowest BCUT2D eigenvalue weighted by atomic mass is 9.71. The van der Waals surface area contributed by atoms with Crippen molar-refractivity contribution in [3.8, 4) is 6.07 Å². The van der Waals surface area contributed by atoms with Gasteiger partial charge in [0.05, 0.1) is 48.8 Å². The highest BCUT2D eigenvalue weighted by Crippen LogP contribution is 2.47. The van der Waals surface area contributed by atoms with Gasteiger partial charge in [-0.05, 0) is 42.5 Å². The fourth-order valence-corrected chi connectivity index (χ4v) is 5.18. The van der Waals surface area contributed by atoms with Gasteiger partial charge in [0, 0.05) is 44.9 Å². The van der Waals surface area contributed by atoms with Crippen LogP contribution >= 0.6 is 0 Å². The molecule has 1 spiro atoms. The van der Waals surface area contributed by atoms with E-state index in [4.69, 9.17) is 19.2 Å². The lowest BCUT2D eigenvalue weighted by Crippen LogP contribution is -2.47. The molecule has 1 aromatic carbocycles. The summed E-state index contributed by atoms with van der Waals surface area (Å²) in [7, 11) is 1.60. The van der Waals surface area contributed by atoms with Crippen molar-refractivity contribution in [2.45, 2.75) is 19.0 Å². The quantitative estimate of drug-likeness (QED) is 0.541. The third kappa shape index (κ3) is 5.31. The summed E-state index contributed by atoms with van der Waals surface area (Å²) in [5.74, 6) is -0.00577. The number of anilines is 1. The highest BCUT2D eigenvalue weighted by molar-refractivity contribution is 5.93. The Labute approximate surface area is 202 Å². The molecule has 3 heterocycles. The second-order valence-corrected chi connectivity index (χ2v) is 9.15. The summed E-state index contributed by atoms with van der Waals surface area (Å²) in [6, 6.07) is 7.16. The Morgan fingerprint density at radius 2 is 2.03 bits per heavy atom. The number of benzene rings is 1. The number of ether oxygens (including phenoxy) is 2. The molecule has 0 bridgehead atoms. The third-order valence-electron chi connectivity index (χ3n) is 7.17. The maximum atomic E-state index is 13.6. The number of alkyl halides is 3. The second kappa shape index (κ2) is 10.3. The Bertz CT molecular complexity index is 1060. The number of likely N-dealkylation sites (tertiary alicyclic amines) is 1. The van der Waals surface area contributed by atoms with E-state index in [-0.39, 0.29) is 22.8 Å². The van der Waals surface area contributed by atoms with Crippen LogP contribution < -0.4 is 4.90 Å². The van der Waals surface area contributed by atoms with Crippen LogP contribution in [0, 0.1) is 22.7 Å². The second-order valence-electron chi connectivity index (χ2n) is 9.15. The summed E-state index contributed by atoms with van der Waals surface area (Å²) < 4.78 is 56.6. The normalized spacial score (nSPS) is 19.8. The van der Waals surface area contributed by atoms with Gasteiger partial charge in [-0.1, -0.05) is 0 Å². The number of carbonyl (C=O) groups is 1. The number of furan rings is 1. The zero-order valence-electron chi connectivity index (χ0n) is 19.5. The standard InChI is InChI=1S/C25H28F3N3O4/c1-33-10-11-35-16-20-14-31(21-3-2-18(13-29)22(12-21)25(26,27)28)17-24(20)5-7-30(8-6-24)23(32)19-4-9-34-15-19/h2-4,9,12,15,20H,5-8,10-11,14,16-17H2,1H3. The molecule has 4 rings (SSSR count). The SMILES string of the molecule is COCCOCC1CN(c2ccc(C#N)c(C(F)(F)F)c2)CC12CCN(C(=O)c1ccoc1)CC2. The molecule has 0 N–H and O–H groups in total. The Morgan fingerprint density at radius 1 is 1.26 bits per heavy atom. The molecule has 1 unspecified atom stereocenters. The molecule has 2 aliphatic rings. The number of hydrogen-bond donors (Lipinski definition) is 0. The number of piperidine rings is 1. The van der Waals surface area contributed by atoms with Crippen molar-refractivity contribution in [3.63, 3.8) is 0 Å². The van der Waals surface area contributed by atoms with Gasteiger partial charge in [0.2, 0.25) is 0 Å². The molecule has 2 aliphatic heterocycles. The molecule has 1 aromatic heterocycles. The van der Waals surface area contributed by atoms with Gasteiger partial charge in [0.25, 0.3) is 5.91 Å². The maximum Gasteiger partial charge on any atom is 0.417 e. The minimum Gasteiger partial charge on any atom is -0.472 e. The summed E-state index contributed by atoms with van der Waals surface area (Å²) >= 11 is 0. The largest absolute Gasteiger partial charge is 0.472 e. The van der Waals surface area contributed by atoms with Crippen LogP contribution in [0.15, 0.2) is 41.2 Å². The predicted octanol–water partition coefficient (Wildman–Crippen LogP) is 4.19. The highest BCUT2D eigenvalue weighted by atomic mass is 19.4. The number of methoxy groups -OCH3 is 1. The zero-order chi connectivity index (χ0) is 25.1. The molecule has 2 aromatic rings. The van der Waals surface area contributed by atoms with E-state index in [1.807, 2.05) is 4.90 Å². The van der Waals surface area contributed by atoms with Crippen molar-refractivity contribution in [1.82, 2.24) is 4.90 Å². The average molecular weight is 492 g/mol. The van der Waals surface area contributed by atoms with Gasteiger partial charge in [-0.15, -0.1) is 0 Å². The van der Waals surface area contributed by atoms with Gasteiger partial charge < -0.3 is 23.7 Å². The zero-order valence-corrected chi connectivity index (χ0v) is 19.5. The summed E-state index contributed by atoms with van der Waals surface area (Å²) in [4.78, 5) is 16.5. The summed E-state index contributed by atoms with van der Waals surface area (Å²) in [6.07, 6.45) is -0.283. The average Bonchev–Trinajstić information content (AvgIpc) is 3.50. The van der Waals surface area contributed by atoms with Gasteiger partial charge in [-0.2, -0.15) is 18.4 Å². The van der Waals surface area contributed by atoms with Gasteiger partial charge in [-0.25, -0.2) is 0 Å². The molecule has 10 heteroatoms. The molecule has 35 heavy (non-hydrogen) atoms. The van der Waals surface area contributed by atoms with Crippen molar-refractivity contribution in [2.24, 2.45) is 11.3 Å². The minimum absolute atomic E-state index is 0.0792. The summed E-state index contributed by atoms with van der Waals surface area (Å²) in [5, 5.41) is 9.13. The van der Waals surface area contributed by atoms with Crippen molar-refractivity contribution in [3.05, 3.63) is 53.5 Å². The van der Waals surface area contributed by atoms with E-state index in [1.165, 1.54) is 18.6 Å². The Balaban J connectivity index is 1.53. The Kier molecular flexibility index (Phi) is 7.38. The molecule has 2 fully saturated rings. The third-order valence-corrected chi connectivity index (χ3v) is 7.17. The van der Waals surface area contributed by atoms with Crippen LogP contribution in [-0.4, -0.2) is 63.9 Å². The van der Waals surface area contributed by atoms with Crippen LogP contribution in [0.5, 0.6) is 0 Å². The monoisotopic (exact) mass is 491 g/mol. The van der Waals surface area contributed by atoms with Gasteiger partial charge in [0.15, 0.2) is 0 Å². The molecule has 188 valence electrons. The van der Waals surface area contributed by atoms with Crippen molar-refractivity contribution < 1.29 is 31.9 Å². The van der Waals surface area contributed by atoms with Gasteiger partial charge in [0.1, 0.15) is 6.26 Å². The van der Waals surface area contributed by atoms with E-state index in [9.17, 15) is 18.0 Å². The Morgan fingerprint density at radius 3 is 2.66 bits per heavy atom. The number of rotatable bonds is 7. The molecule has 0 radical (unpaired) electrons. The number of hydrogen-bond acceptors (Lipinski definition) is 6. The first kappa shape index (κ1) is 25.1. The molecule has 0 saturated carbocycles. The van der Waals surface area contributed by atoms with E-state index in [1.54, 1.807) is 30.2 Å². The van der Waals surface area contributed by atoms with Crippen LogP contribution in [-0.2, 0) is 15.7 Å². The van der Waals surface area contributed by atoms with E-state index in [0.29, 0.717) is 70.1 Å². The fourth-order valence-electron chi connectivity index (χ4n) is 5.18. The van der Waals surface area contributed by atoms with Crippen molar-refractivity contribution in [2.75, 3.05) is 58.0 Å². The van der Waals surface area contributed by atoms with Crippen LogP contribution in [0.1, 0.15) is 34.3 Å². The number of nitrogens with zero attached hydrogens (tertiary/aromatic N) is 3. The molecule has 1 atom stereocenters. The highest BCUT2D eigenvalue weighted by Gasteiger charge is 2.49. The molecule has 7 nitrogen and oxygen atoms in total. The topological polar surface area (TPSA) is 78.9 Å². The molecular weight excluding hydrogens is 463 g/mol. The van der Waals surface area contributed by atoms with Crippen LogP contribution in [0.25, 0.3) is 0 Å². The van der Waals surface area contributed by atoms with E-state index < -0.39 is 11.7 Å². The van der Waals surface area contributed by atoms with E-state index in [0.717, 1.165) is 6.07 Å². The van der Waals surface area contributed by atoms with Crippen LogP contribution in [0.4, 0.5) is 18.9 Å². The lowest BCUT2D eigenvalue weighted by molar-refractivity contribution is -0.137. The first-order valence-corrected chi connectivity index (χ1v) is 11.5. The number of carbonyl (C=O) groups excluding carboxylic acids is 1. The van der Waals surface area contributed by atoms with Crippen molar-refractivity contribution >= 4 is 11.6 Å². The Hall–Kier alpha value is -3.03. The first-order chi connectivity index (χ1) is 16.8. The fraction of sp³-hybridized carbons (Fsp3) is 0.520. The predicted molar refractivity (Wildman–Crippen MR) is 121 cm³/mol. The molecule has 0 aliphatic carbocycles. The molecule has 2 saturated heterocycles. The number of halogens is 3. The minimum atomic E-state index is -4.61.